The molecule has 0 aromatic heterocycles. The van der Waals surface area contributed by atoms with E-state index in [4.69, 9.17) is 0 Å². The van der Waals surface area contributed by atoms with E-state index < -0.39 is 10.1 Å². The van der Waals surface area contributed by atoms with Crippen molar-refractivity contribution >= 4 is 21.7 Å². The number of carbonyl (C=O) groups is 1. The second kappa shape index (κ2) is 4.68. The third-order valence-corrected chi connectivity index (χ3v) is 3.53. The van der Waals surface area contributed by atoms with Gasteiger partial charge in [-0.2, -0.15) is 18.2 Å². The molecule has 0 spiro atoms. The third-order valence-electron chi connectivity index (χ3n) is 2.38. The first kappa shape index (κ1) is 13.0. The summed E-state index contributed by atoms with van der Waals surface area (Å²) in [6, 6.07) is 4.30. The van der Waals surface area contributed by atoms with Crippen LogP contribution in [0.1, 0.15) is 19.4 Å². The summed E-state index contributed by atoms with van der Waals surface area (Å²) in [4.78, 5) is 11.2. The Labute approximate surface area is 105 Å². The zero-order chi connectivity index (χ0) is 13.3. The van der Waals surface area contributed by atoms with Gasteiger partial charge in [0.1, 0.15) is 0 Å². The van der Waals surface area contributed by atoms with Crippen LogP contribution in [0.5, 0.6) is 0 Å². The van der Waals surface area contributed by atoms with Gasteiger partial charge in [0.15, 0.2) is 0 Å². The molecule has 1 aromatic carbocycles. The van der Waals surface area contributed by atoms with Gasteiger partial charge >= 0.3 is 10.1 Å². The van der Waals surface area contributed by atoms with E-state index in [1.807, 2.05) is 0 Å². The zero-order valence-electron chi connectivity index (χ0n) is 10.1. The predicted molar refractivity (Wildman–Crippen MR) is 65.3 cm³/mol. The van der Waals surface area contributed by atoms with E-state index in [0.29, 0.717) is 11.3 Å². The molecule has 98 valence electrons. The van der Waals surface area contributed by atoms with Gasteiger partial charge in [0, 0.05) is 11.7 Å². The Bertz CT molecular complexity index is 581. The van der Waals surface area contributed by atoms with Crippen molar-refractivity contribution in [2.75, 3.05) is 5.32 Å². The summed E-state index contributed by atoms with van der Waals surface area (Å²) in [5.41, 5.74) is 3.70. The van der Waals surface area contributed by atoms with Crippen molar-refractivity contribution in [2.45, 2.75) is 31.2 Å². The summed E-state index contributed by atoms with van der Waals surface area (Å²) in [5.74, 6) is -0.138. The fraction of sp³-hybridized carbons (Fsp3) is 0.364. The zero-order valence-corrected chi connectivity index (χ0v) is 10.9. The molecule has 0 unspecified atom stereocenters. The number of anilines is 1. The van der Waals surface area contributed by atoms with Crippen molar-refractivity contribution in [1.29, 1.82) is 0 Å². The Hall–Kier alpha value is -1.44. The molecule has 0 saturated carbocycles. The van der Waals surface area contributed by atoms with Crippen molar-refractivity contribution in [2.24, 2.45) is 0 Å². The van der Waals surface area contributed by atoms with Gasteiger partial charge in [-0.1, -0.05) is 0 Å². The molecule has 0 fully saturated rings. The first-order valence-electron chi connectivity index (χ1n) is 5.50. The minimum atomic E-state index is -3.84. The number of rotatable bonds is 4. The standard InChI is InChI=1S/C11H14N2O4S/c1-7(2)13-17-18(15,16)9-3-4-10-8(5-9)6-11(14)12-10/h3-5,7,13H,6H2,1-2H3,(H,12,14). The molecule has 0 aliphatic carbocycles. The van der Waals surface area contributed by atoms with E-state index in [1.165, 1.54) is 12.1 Å². The molecular formula is C11H14N2O4S. The molecular weight excluding hydrogens is 256 g/mol. The lowest BCUT2D eigenvalue weighted by molar-refractivity contribution is -0.115. The quantitative estimate of drug-likeness (QED) is 0.791. The molecule has 1 aliphatic rings. The molecule has 6 nitrogen and oxygen atoms in total. The number of hydrogen-bond donors (Lipinski definition) is 2. The fourth-order valence-electron chi connectivity index (χ4n) is 1.57. The van der Waals surface area contributed by atoms with E-state index in [1.54, 1.807) is 19.9 Å². The third kappa shape index (κ3) is 2.69. The Morgan fingerprint density at radius 3 is 2.78 bits per heavy atom. The topological polar surface area (TPSA) is 84.5 Å². The first-order valence-corrected chi connectivity index (χ1v) is 6.91. The normalized spacial score (nSPS) is 14.7. The molecule has 1 heterocycles. The number of hydrogen-bond acceptors (Lipinski definition) is 5. The molecule has 1 aliphatic heterocycles. The van der Waals surface area contributed by atoms with Gasteiger partial charge < -0.3 is 5.32 Å². The lowest BCUT2D eigenvalue weighted by Gasteiger charge is -2.09. The van der Waals surface area contributed by atoms with Crippen LogP contribution in [0.4, 0.5) is 5.69 Å². The number of benzene rings is 1. The van der Waals surface area contributed by atoms with Crippen LogP contribution in [0.25, 0.3) is 0 Å². The van der Waals surface area contributed by atoms with Crippen molar-refractivity contribution in [1.82, 2.24) is 5.48 Å². The SMILES string of the molecule is CC(C)NOS(=O)(=O)c1ccc2c(c1)CC(=O)N2. The van der Waals surface area contributed by atoms with Gasteiger partial charge in [-0.15, -0.1) is 0 Å². The highest BCUT2D eigenvalue weighted by Gasteiger charge is 2.22. The van der Waals surface area contributed by atoms with Crippen molar-refractivity contribution in [3.8, 4) is 0 Å². The van der Waals surface area contributed by atoms with Gasteiger partial charge in [-0.05, 0) is 37.6 Å². The van der Waals surface area contributed by atoms with Gasteiger partial charge in [0.2, 0.25) is 5.91 Å². The number of amides is 1. The highest BCUT2D eigenvalue weighted by atomic mass is 32.2. The Morgan fingerprint density at radius 2 is 2.11 bits per heavy atom. The van der Waals surface area contributed by atoms with Gasteiger partial charge in [0.05, 0.1) is 11.3 Å². The van der Waals surface area contributed by atoms with E-state index in [0.717, 1.165) is 0 Å². The van der Waals surface area contributed by atoms with Crippen LogP contribution in [-0.4, -0.2) is 20.4 Å². The highest BCUT2D eigenvalue weighted by Crippen LogP contribution is 2.26. The maximum atomic E-state index is 11.8. The largest absolute Gasteiger partial charge is 0.326 e. The van der Waals surface area contributed by atoms with Crippen LogP contribution in [-0.2, 0) is 25.6 Å². The number of carbonyl (C=O) groups excluding carboxylic acids is 1. The number of nitrogens with one attached hydrogen (secondary N) is 2. The fourth-order valence-corrected chi connectivity index (χ4v) is 2.51. The summed E-state index contributed by atoms with van der Waals surface area (Å²) in [6.45, 7) is 3.53. The maximum Gasteiger partial charge on any atom is 0.312 e. The summed E-state index contributed by atoms with van der Waals surface area (Å²) >= 11 is 0. The van der Waals surface area contributed by atoms with Gasteiger partial charge in [0.25, 0.3) is 0 Å². The Balaban J connectivity index is 2.24. The second-order valence-electron chi connectivity index (χ2n) is 4.35. The van der Waals surface area contributed by atoms with Crippen LogP contribution in [0.2, 0.25) is 0 Å². The molecule has 1 aromatic rings. The highest BCUT2D eigenvalue weighted by molar-refractivity contribution is 7.86. The van der Waals surface area contributed by atoms with E-state index >= 15 is 0 Å². The van der Waals surface area contributed by atoms with Crippen molar-refractivity contribution in [3.63, 3.8) is 0 Å². The molecule has 1 amide bonds. The van der Waals surface area contributed by atoms with Gasteiger partial charge in [-0.3, -0.25) is 4.79 Å². The average Bonchev–Trinajstić information content (AvgIpc) is 2.65. The molecule has 7 heteroatoms. The molecule has 18 heavy (non-hydrogen) atoms. The lowest BCUT2D eigenvalue weighted by atomic mass is 10.2. The molecule has 0 saturated heterocycles. The van der Waals surface area contributed by atoms with Crippen LogP contribution in [0, 0.1) is 0 Å². The molecule has 0 bridgehead atoms. The molecule has 0 atom stereocenters. The molecule has 2 N–H and O–H groups in total. The Kier molecular flexibility index (Phi) is 3.38. The number of fused-ring (bicyclic) bond motifs is 1. The van der Waals surface area contributed by atoms with Crippen LogP contribution in [0.3, 0.4) is 0 Å². The lowest BCUT2D eigenvalue weighted by Crippen LogP contribution is -2.26. The van der Waals surface area contributed by atoms with Crippen molar-refractivity contribution < 1.29 is 17.5 Å². The smallest absolute Gasteiger partial charge is 0.312 e. The first-order chi connectivity index (χ1) is 8.38. The van der Waals surface area contributed by atoms with Crippen LogP contribution < -0.4 is 10.8 Å². The van der Waals surface area contributed by atoms with Crippen LogP contribution in [0.15, 0.2) is 23.1 Å². The van der Waals surface area contributed by atoms with Crippen LogP contribution >= 0.6 is 0 Å². The molecule has 0 radical (unpaired) electrons. The van der Waals surface area contributed by atoms with E-state index in [9.17, 15) is 13.2 Å². The van der Waals surface area contributed by atoms with Gasteiger partial charge in [-0.25, -0.2) is 0 Å². The summed E-state index contributed by atoms with van der Waals surface area (Å²) < 4.78 is 28.3. The van der Waals surface area contributed by atoms with E-state index in [-0.39, 0.29) is 23.3 Å². The van der Waals surface area contributed by atoms with E-state index in [2.05, 4.69) is 15.1 Å². The summed E-state index contributed by atoms with van der Waals surface area (Å²) in [6.07, 6.45) is 0.191. The number of hydroxylamine groups is 1. The maximum absolute atomic E-state index is 11.8. The van der Waals surface area contributed by atoms with Crippen molar-refractivity contribution in [3.05, 3.63) is 23.8 Å². The summed E-state index contributed by atoms with van der Waals surface area (Å²) in [5, 5.41) is 2.64. The minimum Gasteiger partial charge on any atom is -0.326 e. The minimum absolute atomic E-state index is 0.0332. The average molecular weight is 270 g/mol. The molecule has 2 rings (SSSR count). The second-order valence-corrected chi connectivity index (χ2v) is 5.90. The predicted octanol–water partition coefficient (Wildman–Crippen LogP) is 0.799. The Morgan fingerprint density at radius 1 is 1.39 bits per heavy atom. The summed E-state index contributed by atoms with van der Waals surface area (Å²) in [7, 11) is -3.84. The monoisotopic (exact) mass is 270 g/mol.